The summed E-state index contributed by atoms with van der Waals surface area (Å²) in [5, 5.41) is 1.67. The number of halogens is 1. The molecule has 7 heteroatoms. The van der Waals surface area contributed by atoms with E-state index >= 15 is 0 Å². The molecule has 6 nitrogen and oxygen atoms in total. The van der Waals surface area contributed by atoms with Gasteiger partial charge in [-0.2, -0.15) is 0 Å². The molecule has 23 heavy (non-hydrogen) atoms. The van der Waals surface area contributed by atoms with Crippen LogP contribution in [0.1, 0.15) is 12.8 Å². The van der Waals surface area contributed by atoms with Crippen LogP contribution in [0.3, 0.4) is 0 Å². The number of hydrogen-bond acceptors (Lipinski definition) is 4. The second-order valence-electron chi connectivity index (χ2n) is 5.90. The summed E-state index contributed by atoms with van der Waals surface area (Å²) in [6, 6.07) is 5.71. The van der Waals surface area contributed by atoms with E-state index in [1.54, 1.807) is 6.33 Å². The molecule has 1 amide bonds. The second kappa shape index (κ2) is 5.38. The highest BCUT2D eigenvalue weighted by Gasteiger charge is 2.25. The van der Waals surface area contributed by atoms with Gasteiger partial charge >= 0.3 is 0 Å². The number of hydrogen-bond donors (Lipinski definition) is 2. The molecular weight excluding hydrogens is 314 g/mol. The Bertz CT molecular complexity index is 898. The number of piperidine rings is 1. The third-order valence-corrected chi connectivity index (χ3v) is 4.76. The van der Waals surface area contributed by atoms with Crippen molar-refractivity contribution in [3.8, 4) is 0 Å². The minimum atomic E-state index is -0.210. The normalized spacial score (nSPS) is 16.3. The van der Waals surface area contributed by atoms with Crippen LogP contribution in [-0.4, -0.2) is 33.9 Å². The zero-order valence-electron chi connectivity index (χ0n) is 12.4. The standard InChI is InChI=1S/C16H16ClN5O/c17-10-1-2-12-11(7-10)13-14(21-12)16(20-8-19-13)22-5-3-9(4-6-22)15(18)23/h1-2,7-9,21H,3-6H2,(H2,18,23). The van der Waals surface area contributed by atoms with Gasteiger partial charge in [0.05, 0.1) is 0 Å². The van der Waals surface area contributed by atoms with Crippen molar-refractivity contribution in [2.45, 2.75) is 12.8 Å². The second-order valence-corrected chi connectivity index (χ2v) is 6.34. The molecule has 0 atom stereocenters. The Morgan fingerprint density at radius 3 is 2.83 bits per heavy atom. The molecule has 118 valence electrons. The van der Waals surface area contributed by atoms with Crippen LogP contribution in [0.5, 0.6) is 0 Å². The molecule has 0 aliphatic carbocycles. The predicted octanol–water partition coefficient (Wildman–Crippen LogP) is 2.47. The molecular formula is C16H16ClN5O. The van der Waals surface area contributed by atoms with E-state index in [4.69, 9.17) is 17.3 Å². The predicted molar refractivity (Wildman–Crippen MR) is 90.5 cm³/mol. The lowest BCUT2D eigenvalue weighted by atomic mass is 9.96. The maximum atomic E-state index is 11.3. The van der Waals surface area contributed by atoms with Crippen LogP contribution >= 0.6 is 11.6 Å². The highest BCUT2D eigenvalue weighted by Crippen LogP contribution is 2.32. The maximum absolute atomic E-state index is 11.3. The highest BCUT2D eigenvalue weighted by atomic mass is 35.5. The van der Waals surface area contributed by atoms with Gasteiger partial charge in [0.25, 0.3) is 0 Å². The van der Waals surface area contributed by atoms with Gasteiger partial charge in [0.2, 0.25) is 5.91 Å². The Kier molecular flexibility index (Phi) is 3.34. The first kappa shape index (κ1) is 14.3. The van der Waals surface area contributed by atoms with Crippen molar-refractivity contribution in [2.24, 2.45) is 11.7 Å². The monoisotopic (exact) mass is 329 g/mol. The maximum Gasteiger partial charge on any atom is 0.220 e. The first-order valence-electron chi connectivity index (χ1n) is 7.59. The first-order valence-corrected chi connectivity index (χ1v) is 7.97. The van der Waals surface area contributed by atoms with Gasteiger partial charge in [-0.1, -0.05) is 11.6 Å². The lowest BCUT2D eigenvalue weighted by Gasteiger charge is -2.31. The number of carbonyl (C=O) groups excluding carboxylic acids is 1. The van der Waals surface area contributed by atoms with Crippen LogP contribution < -0.4 is 10.6 Å². The van der Waals surface area contributed by atoms with Gasteiger partial charge in [0, 0.05) is 34.9 Å². The molecule has 0 spiro atoms. The summed E-state index contributed by atoms with van der Waals surface area (Å²) >= 11 is 6.10. The SMILES string of the molecule is NC(=O)C1CCN(c2ncnc3c2[nH]c2ccc(Cl)cc23)CC1. The fourth-order valence-corrected chi connectivity index (χ4v) is 3.44. The zero-order valence-corrected chi connectivity index (χ0v) is 13.2. The van der Waals surface area contributed by atoms with Crippen molar-refractivity contribution < 1.29 is 4.79 Å². The molecule has 3 N–H and O–H groups in total. The summed E-state index contributed by atoms with van der Waals surface area (Å²) in [5.41, 5.74) is 8.16. The number of rotatable bonds is 2. The summed E-state index contributed by atoms with van der Waals surface area (Å²) in [6.45, 7) is 1.52. The third-order valence-electron chi connectivity index (χ3n) is 4.52. The average molecular weight is 330 g/mol. The number of anilines is 1. The molecule has 0 saturated carbocycles. The topological polar surface area (TPSA) is 87.9 Å². The van der Waals surface area contributed by atoms with Crippen LogP contribution in [0, 0.1) is 5.92 Å². The Morgan fingerprint density at radius 1 is 1.30 bits per heavy atom. The van der Waals surface area contributed by atoms with Crippen molar-refractivity contribution in [2.75, 3.05) is 18.0 Å². The van der Waals surface area contributed by atoms with E-state index in [0.29, 0.717) is 5.02 Å². The Hall–Kier alpha value is -2.34. The summed E-state index contributed by atoms with van der Waals surface area (Å²) in [5.74, 6) is 0.619. The van der Waals surface area contributed by atoms with Gasteiger partial charge in [0.1, 0.15) is 17.4 Å². The number of carbonyl (C=O) groups is 1. The third kappa shape index (κ3) is 2.39. The number of H-pyrrole nitrogens is 1. The number of nitrogens with two attached hydrogens (primary N) is 1. The van der Waals surface area contributed by atoms with Gasteiger partial charge < -0.3 is 15.6 Å². The number of nitrogens with zero attached hydrogens (tertiary/aromatic N) is 3. The van der Waals surface area contributed by atoms with E-state index in [0.717, 1.165) is 53.7 Å². The fourth-order valence-electron chi connectivity index (χ4n) is 3.27. The van der Waals surface area contributed by atoms with E-state index in [-0.39, 0.29) is 11.8 Å². The van der Waals surface area contributed by atoms with Crippen LogP contribution in [0.15, 0.2) is 24.5 Å². The summed E-state index contributed by atoms with van der Waals surface area (Å²) < 4.78 is 0. The smallest absolute Gasteiger partial charge is 0.220 e. The zero-order chi connectivity index (χ0) is 16.0. The fraction of sp³-hybridized carbons (Fsp3) is 0.312. The van der Waals surface area contributed by atoms with Gasteiger partial charge in [0.15, 0.2) is 5.82 Å². The number of aromatic nitrogens is 3. The Morgan fingerprint density at radius 2 is 2.09 bits per heavy atom. The number of aromatic amines is 1. The molecule has 2 aromatic heterocycles. The molecule has 0 radical (unpaired) electrons. The molecule has 1 saturated heterocycles. The van der Waals surface area contributed by atoms with E-state index in [2.05, 4.69) is 19.9 Å². The van der Waals surface area contributed by atoms with Gasteiger partial charge in [-0.25, -0.2) is 9.97 Å². The van der Waals surface area contributed by atoms with E-state index < -0.39 is 0 Å². The Labute approximate surface area is 137 Å². The van der Waals surface area contributed by atoms with Crippen molar-refractivity contribution >= 4 is 45.3 Å². The number of nitrogens with one attached hydrogen (secondary N) is 1. The molecule has 0 unspecified atom stereocenters. The number of amides is 1. The number of fused-ring (bicyclic) bond motifs is 3. The average Bonchev–Trinajstić information content (AvgIpc) is 2.93. The van der Waals surface area contributed by atoms with E-state index in [9.17, 15) is 4.79 Å². The molecule has 1 aliphatic rings. The van der Waals surface area contributed by atoms with Gasteiger partial charge in [-0.3, -0.25) is 4.79 Å². The summed E-state index contributed by atoms with van der Waals surface area (Å²) in [4.78, 5) is 25.7. The molecule has 4 rings (SSSR count). The number of benzene rings is 1. The van der Waals surface area contributed by atoms with Gasteiger partial charge in [-0.15, -0.1) is 0 Å². The Balaban J connectivity index is 1.76. The van der Waals surface area contributed by atoms with Crippen LogP contribution in [0.4, 0.5) is 5.82 Å². The molecule has 0 bridgehead atoms. The van der Waals surface area contributed by atoms with Crippen LogP contribution in [0.25, 0.3) is 21.9 Å². The highest BCUT2D eigenvalue weighted by molar-refractivity contribution is 6.31. The molecule has 1 aromatic carbocycles. The summed E-state index contributed by atoms with van der Waals surface area (Å²) in [7, 11) is 0. The molecule has 3 heterocycles. The summed E-state index contributed by atoms with van der Waals surface area (Å²) in [6.07, 6.45) is 3.09. The van der Waals surface area contributed by atoms with E-state index in [1.807, 2.05) is 18.2 Å². The quantitative estimate of drug-likeness (QED) is 0.756. The van der Waals surface area contributed by atoms with Crippen molar-refractivity contribution in [3.05, 3.63) is 29.5 Å². The largest absolute Gasteiger partial charge is 0.369 e. The molecule has 1 aliphatic heterocycles. The lowest BCUT2D eigenvalue weighted by molar-refractivity contribution is -0.122. The van der Waals surface area contributed by atoms with Crippen molar-refractivity contribution in [3.63, 3.8) is 0 Å². The van der Waals surface area contributed by atoms with Crippen LogP contribution in [-0.2, 0) is 4.79 Å². The molecule has 3 aromatic rings. The van der Waals surface area contributed by atoms with Crippen molar-refractivity contribution in [1.29, 1.82) is 0 Å². The minimum Gasteiger partial charge on any atom is -0.369 e. The molecule has 1 fully saturated rings. The van der Waals surface area contributed by atoms with E-state index in [1.165, 1.54) is 0 Å². The van der Waals surface area contributed by atoms with Crippen molar-refractivity contribution in [1.82, 2.24) is 15.0 Å². The van der Waals surface area contributed by atoms with Crippen LogP contribution in [0.2, 0.25) is 5.02 Å². The van der Waals surface area contributed by atoms with Gasteiger partial charge in [-0.05, 0) is 31.0 Å². The number of primary amides is 1. The minimum absolute atomic E-state index is 0.0369. The lowest BCUT2D eigenvalue weighted by Crippen LogP contribution is -2.39. The first-order chi connectivity index (χ1) is 11.1.